The summed E-state index contributed by atoms with van der Waals surface area (Å²) in [6.45, 7) is 5.55. The van der Waals surface area contributed by atoms with Gasteiger partial charge in [0.05, 0.1) is 17.3 Å². The molecule has 0 amide bonds. The van der Waals surface area contributed by atoms with Gasteiger partial charge < -0.3 is 9.47 Å². The quantitative estimate of drug-likeness (QED) is 0.505. The fourth-order valence-electron chi connectivity index (χ4n) is 2.86. The smallest absolute Gasteiger partial charge is 0.178 e. The van der Waals surface area contributed by atoms with Gasteiger partial charge in [-0.3, -0.25) is 4.98 Å². The topological polar surface area (TPSA) is 65.5 Å². The molecule has 3 rings (SSSR count). The first-order valence-corrected chi connectivity index (χ1v) is 11.0. The zero-order valence-electron chi connectivity index (χ0n) is 16.8. The van der Waals surface area contributed by atoms with Crippen molar-refractivity contribution < 1.29 is 26.7 Å². The number of hydrogen-bond acceptors (Lipinski definition) is 5. The zero-order valence-corrected chi connectivity index (χ0v) is 17.6. The Hall–Kier alpha value is -3.00. The minimum Gasteiger partial charge on any atom is -0.493 e. The highest BCUT2D eigenvalue weighted by molar-refractivity contribution is 7.91. The molecule has 1 aromatic heterocycles. The number of aryl methyl sites for hydroxylation is 1. The van der Waals surface area contributed by atoms with E-state index < -0.39 is 21.5 Å². The summed E-state index contributed by atoms with van der Waals surface area (Å²) in [5, 5.41) is 0. The summed E-state index contributed by atoms with van der Waals surface area (Å²) in [6, 6.07) is 8.96. The predicted molar refractivity (Wildman–Crippen MR) is 110 cm³/mol. The molecule has 158 valence electrons. The highest BCUT2D eigenvalue weighted by Gasteiger charge is 2.20. The number of nitrogens with zero attached hydrogens (tertiary/aromatic N) is 1. The Morgan fingerprint density at radius 1 is 0.933 bits per heavy atom. The van der Waals surface area contributed by atoms with E-state index in [-0.39, 0.29) is 22.1 Å². The lowest BCUT2D eigenvalue weighted by molar-refractivity contribution is 0.341. The molecule has 0 spiro atoms. The van der Waals surface area contributed by atoms with E-state index >= 15 is 0 Å². The second-order valence-corrected chi connectivity index (χ2v) is 8.77. The number of sulfone groups is 1. The Kier molecular flexibility index (Phi) is 6.36. The molecule has 0 aliphatic carbocycles. The average molecular weight is 433 g/mol. The molecule has 0 bridgehead atoms. The van der Waals surface area contributed by atoms with Crippen LogP contribution in [0.1, 0.15) is 19.5 Å². The van der Waals surface area contributed by atoms with Crippen LogP contribution in [0.5, 0.6) is 17.2 Å². The second-order valence-electron chi connectivity index (χ2n) is 6.49. The van der Waals surface area contributed by atoms with Crippen molar-refractivity contribution in [1.29, 1.82) is 0 Å². The zero-order chi connectivity index (χ0) is 21.9. The van der Waals surface area contributed by atoms with Crippen molar-refractivity contribution in [1.82, 2.24) is 4.98 Å². The molecule has 0 aliphatic heterocycles. The molecule has 0 radical (unpaired) electrons. The predicted octanol–water partition coefficient (Wildman–Crippen LogP) is 5.32. The van der Waals surface area contributed by atoms with Gasteiger partial charge in [0, 0.05) is 35.2 Å². The molecule has 0 saturated heterocycles. The molecular formula is C22H21F2NO4S. The maximum Gasteiger partial charge on any atom is 0.178 e. The van der Waals surface area contributed by atoms with E-state index in [0.717, 1.165) is 6.07 Å². The van der Waals surface area contributed by atoms with E-state index in [0.29, 0.717) is 35.2 Å². The number of hydrogen-bond donors (Lipinski definition) is 0. The van der Waals surface area contributed by atoms with E-state index in [4.69, 9.17) is 9.47 Å². The van der Waals surface area contributed by atoms with Crippen molar-refractivity contribution in [3.8, 4) is 28.4 Å². The molecule has 5 nitrogen and oxygen atoms in total. The minimum absolute atomic E-state index is 0.0797. The van der Waals surface area contributed by atoms with Gasteiger partial charge in [-0.05, 0) is 44.2 Å². The Morgan fingerprint density at radius 3 is 2.33 bits per heavy atom. The molecule has 0 saturated carbocycles. The van der Waals surface area contributed by atoms with Gasteiger partial charge in [-0.25, -0.2) is 17.2 Å². The maximum atomic E-state index is 14.1. The molecule has 0 unspecified atom stereocenters. The van der Waals surface area contributed by atoms with Gasteiger partial charge >= 0.3 is 0 Å². The molecule has 2 aromatic carbocycles. The SMILES string of the molecule is CCOc1cc(C)ncc1-c1cc(S(=O)(=O)CC)ccc1Oc1ccc(F)cc1F. The van der Waals surface area contributed by atoms with E-state index in [9.17, 15) is 17.2 Å². The summed E-state index contributed by atoms with van der Waals surface area (Å²) in [5.74, 6) is -1.21. The second kappa shape index (κ2) is 8.79. The van der Waals surface area contributed by atoms with Crippen LogP contribution < -0.4 is 9.47 Å². The van der Waals surface area contributed by atoms with Crippen molar-refractivity contribution >= 4 is 9.84 Å². The molecule has 0 fully saturated rings. The largest absolute Gasteiger partial charge is 0.493 e. The van der Waals surface area contributed by atoms with Gasteiger partial charge in [0.25, 0.3) is 0 Å². The van der Waals surface area contributed by atoms with Gasteiger partial charge in [0.15, 0.2) is 21.4 Å². The van der Waals surface area contributed by atoms with Crippen molar-refractivity contribution in [2.75, 3.05) is 12.4 Å². The highest BCUT2D eigenvalue weighted by Crippen LogP contribution is 2.40. The molecule has 3 aromatic rings. The number of halogens is 2. The fourth-order valence-corrected chi connectivity index (χ4v) is 3.76. The standard InChI is InChI=1S/C22H21F2NO4S/c1-4-28-22-10-14(3)25-13-18(22)17-12-16(30(26,27)5-2)7-9-20(17)29-21-8-6-15(23)11-19(21)24/h6-13H,4-5H2,1-3H3. The van der Waals surface area contributed by atoms with Crippen molar-refractivity contribution in [2.24, 2.45) is 0 Å². The molecule has 1 heterocycles. The third kappa shape index (κ3) is 4.59. The Bertz CT molecular complexity index is 1180. The Labute approximate surface area is 174 Å². The van der Waals surface area contributed by atoms with E-state index in [1.807, 2.05) is 6.92 Å². The normalized spacial score (nSPS) is 11.4. The van der Waals surface area contributed by atoms with Crippen LogP contribution in [0.3, 0.4) is 0 Å². The summed E-state index contributed by atoms with van der Waals surface area (Å²) in [6.07, 6.45) is 1.55. The van der Waals surface area contributed by atoms with Crippen LogP contribution in [0.2, 0.25) is 0 Å². The number of rotatable bonds is 7. The molecule has 30 heavy (non-hydrogen) atoms. The van der Waals surface area contributed by atoms with E-state index in [1.165, 1.54) is 24.3 Å². The van der Waals surface area contributed by atoms with Crippen molar-refractivity contribution in [2.45, 2.75) is 25.7 Å². The summed E-state index contributed by atoms with van der Waals surface area (Å²) < 4.78 is 63.6. The summed E-state index contributed by atoms with van der Waals surface area (Å²) >= 11 is 0. The van der Waals surface area contributed by atoms with Crippen LogP contribution in [0.15, 0.2) is 53.6 Å². The van der Waals surface area contributed by atoms with Crippen LogP contribution in [0, 0.1) is 18.6 Å². The van der Waals surface area contributed by atoms with E-state index in [2.05, 4.69) is 4.98 Å². The molecule has 0 aliphatic rings. The van der Waals surface area contributed by atoms with E-state index in [1.54, 1.807) is 26.1 Å². The third-order valence-electron chi connectivity index (χ3n) is 4.40. The minimum atomic E-state index is -3.51. The van der Waals surface area contributed by atoms with Crippen LogP contribution in [0.4, 0.5) is 8.78 Å². The molecule has 0 N–H and O–H groups in total. The monoisotopic (exact) mass is 433 g/mol. The molecule has 8 heteroatoms. The third-order valence-corrected chi connectivity index (χ3v) is 6.13. The number of aromatic nitrogens is 1. The van der Waals surface area contributed by atoms with Crippen molar-refractivity contribution in [3.05, 3.63) is 66.0 Å². The van der Waals surface area contributed by atoms with Gasteiger partial charge in [-0.15, -0.1) is 0 Å². The fraction of sp³-hybridized carbons (Fsp3) is 0.227. The first kappa shape index (κ1) is 21.7. The molecular weight excluding hydrogens is 412 g/mol. The van der Waals surface area contributed by atoms with Gasteiger partial charge in [-0.1, -0.05) is 6.92 Å². The van der Waals surface area contributed by atoms with Gasteiger partial charge in [-0.2, -0.15) is 0 Å². The number of pyridine rings is 1. The maximum absolute atomic E-state index is 14.1. The van der Waals surface area contributed by atoms with Crippen LogP contribution >= 0.6 is 0 Å². The number of benzene rings is 2. The van der Waals surface area contributed by atoms with Crippen molar-refractivity contribution in [3.63, 3.8) is 0 Å². The Balaban J connectivity index is 2.21. The highest BCUT2D eigenvalue weighted by atomic mass is 32.2. The van der Waals surface area contributed by atoms with Gasteiger partial charge in [0.1, 0.15) is 17.3 Å². The summed E-state index contributed by atoms with van der Waals surface area (Å²) in [7, 11) is -3.51. The molecule has 0 atom stereocenters. The van der Waals surface area contributed by atoms with Crippen LogP contribution in [-0.2, 0) is 9.84 Å². The summed E-state index contributed by atoms with van der Waals surface area (Å²) in [5.41, 5.74) is 1.57. The lowest BCUT2D eigenvalue weighted by atomic mass is 10.0. The lowest BCUT2D eigenvalue weighted by Gasteiger charge is -2.16. The number of ether oxygens (including phenoxy) is 2. The lowest BCUT2D eigenvalue weighted by Crippen LogP contribution is -2.05. The van der Waals surface area contributed by atoms with Crippen LogP contribution in [-0.4, -0.2) is 25.8 Å². The average Bonchev–Trinajstić information content (AvgIpc) is 2.71. The Morgan fingerprint density at radius 2 is 1.67 bits per heavy atom. The summed E-state index contributed by atoms with van der Waals surface area (Å²) in [4.78, 5) is 4.37. The first-order valence-electron chi connectivity index (χ1n) is 9.34. The van der Waals surface area contributed by atoms with Crippen LogP contribution in [0.25, 0.3) is 11.1 Å². The first-order chi connectivity index (χ1) is 14.2. The van der Waals surface area contributed by atoms with Gasteiger partial charge in [0.2, 0.25) is 0 Å².